The number of aromatic nitrogens is 5. The van der Waals surface area contributed by atoms with E-state index >= 15 is 0 Å². The minimum atomic E-state index is -0.381. The van der Waals surface area contributed by atoms with Gasteiger partial charge in [-0.25, -0.2) is 4.68 Å². The van der Waals surface area contributed by atoms with E-state index in [9.17, 15) is 4.79 Å². The number of tetrazole rings is 1. The Kier molecular flexibility index (Phi) is 6.93. The summed E-state index contributed by atoms with van der Waals surface area (Å²) < 4.78 is 18.8. The number of ether oxygens (including phenoxy) is 3. The van der Waals surface area contributed by atoms with Crippen LogP contribution < -0.4 is 15.0 Å². The van der Waals surface area contributed by atoms with E-state index in [4.69, 9.17) is 14.2 Å². The number of nitrogens with one attached hydrogen (secondary N) is 1. The molecule has 2 saturated heterocycles. The standard InChI is InChI=1S/C30H35N7O4/c1-19-12-22-15-24(30(38)31-25(22)13-20(19)2)28(29-32-33-34-37(29)17-23-4-3-11-39-23)36-9-7-35(8-10-36)16-21-5-6-26-27(14-21)41-18-40-26/h5-6,12-15,23,28H,3-4,7-11,16-18H2,1-2H3,(H,31,38)/t23-,28+/m1/s1. The van der Waals surface area contributed by atoms with Gasteiger partial charge in [-0.3, -0.25) is 14.6 Å². The van der Waals surface area contributed by atoms with Gasteiger partial charge in [0, 0.05) is 50.4 Å². The average Bonchev–Trinajstić information content (AvgIpc) is 3.75. The lowest BCUT2D eigenvalue weighted by Gasteiger charge is -2.38. The third-order valence-electron chi connectivity index (χ3n) is 8.60. The van der Waals surface area contributed by atoms with Crippen LogP contribution in [0.25, 0.3) is 10.9 Å². The molecule has 0 aliphatic carbocycles. The predicted octanol–water partition coefficient (Wildman–Crippen LogP) is 2.95. The largest absolute Gasteiger partial charge is 0.454 e. The van der Waals surface area contributed by atoms with Crippen molar-refractivity contribution < 1.29 is 14.2 Å². The maximum atomic E-state index is 13.6. The number of hydrogen-bond acceptors (Lipinski definition) is 9. The lowest BCUT2D eigenvalue weighted by molar-refractivity contribution is 0.0840. The van der Waals surface area contributed by atoms with Crippen molar-refractivity contribution >= 4 is 10.9 Å². The van der Waals surface area contributed by atoms with Crippen molar-refractivity contribution in [1.29, 1.82) is 0 Å². The summed E-state index contributed by atoms with van der Waals surface area (Å²) >= 11 is 0. The quantitative estimate of drug-likeness (QED) is 0.367. The molecule has 2 atom stereocenters. The molecule has 5 heterocycles. The summed E-state index contributed by atoms with van der Waals surface area (Å²) in [6.07, 6.45) is 2.11. The van der Waals surface area contributed by atoms with Gasteiger partial charge in [0.2, 0.25) is 6.79 Å². The molecule has 1 N–H and O–H groups in total. The third kappa shape index (κ3) is 5.20. The van der Waals surface area contributed by atoms with Gasteiger partial charge in [-0.2, -0.15) is 0 Å². The van der Waals surface area contributed by atoms with Crippen LogP contribution in [0.2, 0.25) is 0 Å². The van der Waals surface area contributed by atoms with Crippen LogP contribution in [-0.2, 0) is 17.8 Å². The Labute approximate surface area is 238 Å². The Morgan fingerprint density at radius 1 is 1.02 bits per heavy atom. The Balaban J connectivity index is 1.18. The fourth-order valence-electron chi connectivity index (χ4n) is 6.19. The van der Waals surface area contributed by atoms with Crippen LogP contribution in [0, 0.1) is 13.8 Å². The average molecular weight is 558 g/mol. The Morgan fingerprint density at radius 3 is 2.68 bits per heavy atom. The Hall–Kier alpha value is -3.80. The molecule has 7 rings (SSSR count). The van der Waals surface area contributed by atoms with Gasteiger partial charge in [-0.05, 0) is 89.5 Å². The monoisotopic (exact) mass is 557 g/mol. The van der Waals surface area contributed by atoms with Crippen molar-refractivity contribution in [2.45, 2.75) is 51.9 Å². The SMILES string of the molecule is Cc1cc2cc([C@@H](c3nnnn3C[C@H]3CCCO3)N3CCN(Cc4ccc5c(c4)OCO5)CC3)c(=O)[nH]c2cc1C. The highest BCUT2D eigenvalue weighted by molar-refractivity contribution is 5.81. The molecular weight excluding hydrogens is 522 g/mol. The minimum absolute atomic E-state index is 0.0805. The molecule has 4 aromatic rings. The second-order valence-electron chi connectivity index (χ2n) is 11.3. The molecule has 41 heavy (non-hydrogen) atoms. The van der Waals surface area contributed by atoms with Crippen LogP contribution >= 0.6 is 0 Å². The fraction of sp³-hybridized carbons (Fsp3) is 0.467. The molecule has 2 aromatic carbocycles. The zero-order valence-electron chi connectivity index (χ0n) is 23.5. The summed E-state index contributed by atoms with van der Waals surface area (Å²) in [5, 5.41) is 13.9. The summed E-state index contributed by atoms with van der Waals surface area (Å²) in [6.45, 7) is 9.83. The summed E-state index contributed by atoms with van der Waals surface area (Å²) in [6, 6.07) is 12.0. The number of H-pyrrole nitrogens is 1. The maximum Gasteiger partial charge on any atom is 0.253 e. The molecule has 214 valence electrons. The second kappa shape index (κ2) is 10.9. The minimum Gasteiger partial charge on any atom is -0.454 e. The summed E-state index contributed by atoms with van der Waals surface area (Å²) in [7, 11) is 0. The van der Waals surface area contributed by atoms with Gasteiger partial charge >= 0.3 is 0 Å². The predicted molar refractivity (Wildman–Crippen MR) is 152 cm³/mol. The first kappa shape index (κ1) is 26.1. The number of pyridine rings is 1. The highest BCUT2D eigenvalue weighted by atomic mass is 16.7. The highest BCUT2D eigenvalue weighted by Crippen LogP contribution is 2.33. The first-order valence-corrected chi connectivity index (χ1v) is 14.4. The fourth-order valence-corrected chi connectivity index (χ4v) is 6.19. The lowest BCUT2D eigenvalue weighted by Crippen LogP contribution is -2.48. The summed E-state index contributed by atoms with van der Waals surface area (Å²) in [5.74, 6) is 2.28. The molecule has 0 radical (unpaired) electrons. The van der Waals surface area contributed by atoms with Gasteiger partial charge in [0.15, 0.2) is 17.3 Å². The Morgan fingerprint density at radius 2 is 1.85 bits per heavy atom. The van der Waals surface area contributed by atoms with E-state index in [1.165, 1.54) is 11.1 Å². The highest BCUT2D eigenvalue weighted by Gasteiger charge is 2.33. The van der Waals surface area contributed by atoms with E-state index < -0.39 is 0 Å². The zero-order chi connectivity index (χ0) is 27.9. The molecule has 0 bridgehead atoms. The number of aryl methyl sites for hydroxylation is 2. The van der Waals surface area contributed by atoms with Crippen LogP contribution in [-0.4, -0.2) is 80.7 Å². The number of fused-ring (bicyclic) bond motifs is 2. The van der Waals surface area contributed by atoms with E-state index in [0.29, 0.717) is 17.9 Å². The Bertz CT molecular complexity index is 1620. The van der Waals surface area contributed by atoms with E-state index in [1.54, 1.807) is 0 Å². The van der Waals surface area contributed by atoms with E-state index in [0.717, 1.165) is 80.1 Å². The van der Waals surface area contributed by atoms with Gasteiger partial charge in [0.05, 0.1) is 12.6 Å². The summed E-state index contributed by atoms with van der Waals surface area (Å²) in [5.41, 5.74) is 4.92. The number of rotatable bonds is 7. The molecule has 3 aliphatic rings. The molecule has 0 spiro atoms. The van der Waals surface area contributed by atoms with Crippen LogP contribution in [0.15, 0.2) is 41.2 Å². The molecule has 0 saturated carbocycles. The van der Waals surface area contributed by atoms with Gasteiger partial charge in [-0.15, -0.1) is 5.10 Å². The van der Waals surface area contributed by atoms with Crippen LogP contribution in [0.4, 0.5) is 0 Å². The second-order valence-corrected chi connectivity index (χ2v) is 11.3. The zero-order valence-corrected chi connectivity index (χ0v) is 23.5. The van der Waals surface area contributed by atoms with Gasteiger partial charge in [0.1, 0.15) is 6.04 Å². The molecule has 0 amide bonds. The number of hydrogen-bond donors (Lipinski definition) is 1. The molecule has 11 nitrogen and oxygen atoms in total. The molecule has 3 aliphatic heterocycles. The number of piperazine rings is 1. The van der Waals surface area contributed by atoms with Crippen molar-refractivity contribution in [3.05, 3.63) is 74.8 Å². The molecule has 2 fully saturated rings. The van der Waals surface area contributed by atoms with Crippen LogP contribution in [0.5, 0.6) is 11.5 Å². The van der Waals surface area contributed by atoms with Gasteiger partial charge in [-0.1, -0.05) is 6.07 Å². The molecule has 11 heteroatoms. The van der Waals surface area contributed by atoms with E-state index in [1.807, 2.05) is 22.9 Å². The van der Waals surface area contributed by atoms with Crippen molar-refractivity contribution in [2.24, 2.45) is 0 Å². The number of nitrogens with zero attached hydrogens (tertiary/aromatic N) is 6. The van der Waals surface area contributed by atoms with Gasteiger partial charge in [0.25, 0.3) is 5.56 Å². The van der Waals surface area contributed by atoms with Crippen LogP contribution in [0.1, 0.15) is 47.0 Å². The molecule has 2 aromatic heterocycles. The topological polar surface area (TPSA) is 111 Å². The smallest absolute Gasteiger partial charge is 0.253 e. The van der Waals surface area contributed by atoms with E-state index in [-0.39, 0.29) is 24.5 Å². The summed E-state index contributed by atoms with van der Waals surface area (Å²) in [4.78, 5) is 21.6. The van der Waals surface area contributed by atoms with Gasteiger partial charge < -0.3 is 19.2 Å². The maximum absolute atomic E-state index is 13.6. The number of aromatic amines is 1. The normalized spacial score (nSPS) is 20.2. The van der Waals surface area contributed by atoms with Crippen molar-refractivity contribution in [2.75, 3.05) is 39.6 Å². The molecular formula is C30H35N7O4. The van der Waals surface area contributed by atoms with Crippen molar-refractivity contribution in [3.63, 3.8) is 0 Å². The first-order chi connectivity index (χ1) is 20.0. The van der Waals surface area contributed by atoms with Crippen LogP contribution in [0.3, 0.4) is 0 Å². The molecule has 0 unspecified atom stereocenters. The third-order valence-corrected chi connectivity index (χ3v) is 8.60. The van der Waals surface area contributed by atoms with Crippen molar-refractivity contribution in [1.82, 2.24) is 35.0 Å². The number of benzene rings is 2. The van der Waals surface area contributed by atoms with E-state index in [2.05, 4.69) is 62.4 Å². The van der Waals surface area contributed by atoms with Crippen molar-refractivity contribution in [3.8, 4) is 11.5 Å². The lowest BCUT2D eigenvalue weighted by atomic mass is 10.00. The first-order valence-electron chi connectivity index (χ1n) is 14.4.